The minimum atomic E-state index is -0.245. The van der Waals surface area contributed by atoms with E-state index in [1.165, 1.54) is 18.2 Å². The number of rotatable bonds is 9. The van der Waals surface area contributed by atoms with Crippen LogP contribution in [-0.4, -0.2) is 12.6 Å². The van der Waals surface area contributed by atoms with Crippen LogP contribution < -0.4 is 10.1 Å². The van der Waals surface area contributed by atoms with Gasteiger partial charge in [-0.05, 0) is 68.3 Å². The fraction of sp³-hybridized carbons (Fsp3) is 0.280. The SMILES string of the molecule is CC(C)Oc1ccc(C(CCNCc2ccccc2F)c2ccc(F)cc2)cc1. The number of halogens is 2. The average molecular weight is 395 g/mol. The summed E-state index contributed by atoms with van der Waals surface area (Å²) in [5, 5.41) is 3.32. The van der Waals surface area contributed by atoms with Crippen molar-refractivity contribution in [1.82, 2.24) is 5.32 Å². The Labute approximate surface area is 171 Å². The van der Waals surface area contributed by atoms with Crippen LogP contribution in [-0.2, 0) is 6.54 Å². The van der Waals surface area contributed by atoms with Crippen molar-refractivity contribution in [3.05, 3.63) is 101 Å². The highest BCUT2D eigenvalue weighted by Crippen LogP contribution is 2.29. The summed E-state index contributed by atoms with van der Waals surface area (Å²) in [6, 6.07) is 21.5. The van der Waals surface area contributed by atoms with E-state index in [0.29, 0.717) is 18.7 Å². The Bertz CT molecular complexity index is 891. The van der Waals surface area contributed by atoms with E-state index in [1.54, 1.807) is 12.1 Å². The van der Waals surface area contributed by atoms with Crippen molar-refractivity contribution in [3.8, 4) is 5.75 Å². The third kappa shape index (κ3) is 6.13. The van der Waals surface area contributed by atoms with Gasteiger partial charge in [0.2, 0.25) is 0 Å². The molecule has 1 atom stereocenters. The molecule has 1 N–H and O–H groups in total. The van der Waals surface area contributed by atoms with Crippen LogP contribution in [0.3, 0.4) is 0 Å². The maximum Gasteiger partial charge on any atom is 0.127 e. The molecule has 0 amide bonds. The van der Waals surface area contributed by atoms with Crippen LogP contribution in [0.5, 0.6) is 5.75 Å². The number of hydrogen-bond donors (Lipinski definition) is 1. The first-order valence-corrected chi connectivity index (χ1v) is 9.99. The lowest BCUT2D eigenvalue weighted by molar-refractivity contribution is 0.242. The van der Waals surface area contributed by atoms with Crippen LogP contribution in [0.4, 0.5) is 8.78 Å². The molecule has 152 valence electrons. The van der Waals surface area contributed by atoms with Crippen LogP contribution in [0, 0.1) is 11.6 Å². The van der Waals surface area contributed by atoms with Crippen LogP contribution in [0.15, 0.2) is 72.8 Å². The van der Waals surface area contributed by atoms with E-state index in [-0.39, 0.29) is 23.7 Å². The average Bonchev–Trinajstić information content (AvgIpc) is 2.71. The maximum atomic E-state index is 13.8. The molecule has 3 aromatic carbocycles. The van der Waals surface area contributed by atoms with E-state index >= 15 is 0 Å². The van der Waals surface area contributed by atoms with Crippen LogP contribution in [0.1, 0.15) is 42.9 Å². The Morgan fingerprint density at radius 3 is 2.07 bits per heavy atom. The molecule has 0 saturated carbocycles. The van der Waals surface area contributed by atoms with Gasteiger partial charge in [0.1, 0.15) is 17.4 Å². The first kappa shape index (κ1) is 21.0. The molecule has 0 radical (unpaired) electrons. The molecule has 0 spiro atoms. The van der Waals surface area contributed by atoms with E-state index in [0.717, 1.165) is 23.3 Å². The Kier molecular flexibility index (Phi) is 7.36. The molecule has 0 bridgehead atoms. The van der Waals surface area contributed by atoms with Gasteiger partial charge in [-0.3, -0.25) is 0 Å². The highest BCUT2D eigenvalue weighted by molar-refractivity contribution is 5.36. The molecule has 0 aliphatic carbocycles. The van der Waals surface area contributed by atoms with Crippen LogP contribution in [0.25, 0.3) is 0 Å². The normalized spacial score (nSPS) is 12.2. The highest BCUT2D eigenvalue weighted by Gasteiger charge is 2.15. The second-order valence-electron chi connectivity index (χ2n) is 7.40. The molecular formula is C25H27F2NO. The second kappa shape index (κ2) is 10.2. The van der Waals surface area contributed by atoms with Crippen molar-refractivity contribution < 1.29 is 13.5 Å². The van der Waals surface area contributed by atoms with Gasteiger partial charge in [0.25, 0.3) is 0 Å². The topological polar surface area (TPSA) is 21.3 Å². The first-order valence-electron chi connectivity index (χ1n) is 9.99. The van der Waals surface area contributed by atoms with Gasteiger partial charge in [0.05, 0.1) is 6.10 Å². The fourth-order valence-corrected chi connectivity index (χ4v) is 3.38. The predicted molar refractivity (Wildman–Crippen MR) is 113 cm³/mol. The van der Waals surface area contributed by atoms with Crippen LogP contribution in [0.2, 0.25) is 0 Å². The molecule has 2 nitrogen and oxygen atoms in total. The Balaban J connectivity index is 1.69. The first-order chi connectivity index (χ1) is 14.0. The van der Waals surface area contributed by atoms with Crippen molar-refractivity contribution in [3.63, 3.8) is 0 Å². The summed E-state index contributed by atoms with van der Waals surface area (Å²) < 4.78 is 32.9. The molecule has 0 aliphatic heterocycles. The smallest absolute Gasteiger partial charge is 0.127 e. The summed E-state index contributed by atoms with van der Waals surface area (Å²) >= 11 is 0. The van der Waals surface area contributed by atoms with Crippen molar-refractivity contribution in [1.29, 1.82) is 0 Å². The second-order valence-corrected chi connectivity index (χ2v) is 7.40. The van der Waals surface area contributed by atoms with Crippen molar-refractivity contribution in [2.24, 2.45) is 0 Å². The lowest BCUT2D eigenvalue weighted by atomic mass is 9.88. The third-order valence-electron chi connectivity index (χ3n) is 4.81. The summed E-state index contributed by atoms with van der Waals surface area (Å²) in [5.41, 5.74) is 2.85. The van der Waals surface area contributed by atoms with Gasteiger partial charge in [-0.2, -0.15) is 0 Å². The standard InChI is InChI=1S/C25H27F2NO/c1-18(2)29-23-13-9-20(10-14-23)24(19-7-11-22(26)12-8-19)15-16-28-17-21-5-3-4-6-25(21)27/h3-14,18,24,28H,15-17H2,1-2H3. The van der Waals surface area contributed by atoms with Crippen molar-refractivity contribution >= 4 is 0 Å². The summed E-state index contributed by atoms with van der Waals surface area (Å²) in [5.74, 6) is 0.498. The molecule has 3 aromatic rings. The van der Waals surface area contributed by atoms with Gasteiger partial charge in [-0.1, -0.05) is 42.5 Å². The Morgan fingerprint density at radius 2 is 1.45 bits per heavy atom. The minimum absolute atomic E-state index is 0.108. The summed E-state index contributed by atoms with van der Waals surface area (Å²) in [6.07, 6.45) is 0.932. The lowest BCUT2D eigenvalue weighted by Crippen LogP contribution is -2.18. The molecule has 3 rings (SSSR count). The highest BCUT2D eigenvalue weighted by atomic mass is 19.1. The Morgan fingerprint density at radius 1 is 0.828 bits per heavy atom. The van der Waals surface area contributed by atoms with Gasteiger partial charge in [-0.25, -0.2) is 8.78 Å². The van der Waals surface area contributed by atoms with Gasteiger partial charge >= 0.3 is 0 Å². The third-order valence-corrected chi connectivity index (χ3v) is 4.81. The number of nitrogens with one attached hydrogen (secondary N) is 1. The predicted octanol–water partition coefficient (Wildman–Crippen LogP) is 6.06. The van der Waals surface area contributed by atoms with E-state index in [2.05, 4.69) is 17.4 Å². The summed E-state index contributed by atoms with van der Waals surface area (Å²) in [7, 11) is 0. The lowest BCUT2D eigenvalue weighted by Gasteiger charge is -2.19. The monoisotopic (exact) mass is 395 g/mol. The minimum Gasteiger partial charge on any atom is -0.491 e. The van der Waals surface area contributed by atoms with E-state index in [1.807, 2.05) is 44.2 Å². The number of hydrogen-bond acceptors (Lipinski definition) is 2. The molecule has 0 heterocycles. The maximum absolute atomic E-state index is 13.8. The van der Waals surface area contributed by atoms with Crippen molar-refractivity contribution in [2.75, 3.05) is 6.54 Å². The zero-order chi connectivity index (χ0) is 20.6. The van der Waals surface area contributed by atoms with E-state index < -0.39 is 0 Å². The molecule has 29 heavy (non-hydrogen) atoms. The quantitative estimate of drug-likeness (QED) is 0.445. The zero-order valence-corrected chi connectivity index (χ0v) is 16.9. The molecule has 4 heteroatoms. The van der Waals surface area contributed by atoms with Crippen LogP contribution >= 0.6 is 0 Å². The molecule has 0 fully saturated rings. The summed E-state index contributed by atoms with van der Waals surface area (Å²) in [6.45, 7) is 5.18. The van der Waals surface area contributed by atoms with Gasteiger partial charge in [-0.15, -0.1) is 0 Å². The molecule has 0 saturated heterocycles. The van der Waals surface area contributed by atoms with E-state index in [4.69, 9.17) is 4.74 Å². The van der Waals surface area contributed by atoms with Gasteiger partial charge in [0, 0.05) is 18.0 Å². The van der Waals surface area contributed by atoms with Gasteiger partial charge in [0.15, 0.2) is 0 Å². The molecule has 0 aliphatic rings. The van der Waals surface area contributed by atoms with E-state index in [9.17, 15) is 8.78 Å². The molecular weight excluding hydrogens is 368 g/mol. The number of ether oxygens (including phenoxy) is 1. The molecule has 0 aromatic heterocycles. The fourth-order valence-electron chi connectivity index (χ4n) is 3.38. The van der Waals surface area contributed by atoms with Crippen molar-refractivity contribution in [2.45, 2.75) is 38.8 Å². The molecule has 1 unspecified atom stereocenters. The van der Waals surface area contributed by atoms with Gasteiger partial charge < -0.3 is 10.1 Å². The largest absolute Gasteiger partial charge is 0.491 e. The Hall–Kier alpha value is -2.72. The zero-order valence-electron chi connectivity index (χ0n) is 16.9. The number of benzene rings is 3. The summed E-state index contributed by atoms with van der Waals surface area (Å²) in [4.78, 5) is 0.